The van der Waals surface area contributed by atoms with Crippen LogP contribution in [0.5, 0.6) is 5.75 Å². The molecule has 2 aromatic carbocycles. The number of piperidine rings is 1. The Hall–Kier alpha value is -3.13. The molecular formula is C29H33ClFN3O4. The van der Waals surface area contributed by atoms with E-state index in [-0.39, 0.29) is 40.9 Å². The van der Waals surface area contributed by atoms with Gasteiger partial charge in [-0.2, -0.15) is 0 Å². The van der Waals surface area contributed by atoms with Gasteiger partial charge in [-0.1, -0.05) is 30.7 Å². The molecule has 0 spiro atoms. The molecule has 5 rings (SSSR count). The first-order valence-electron chi connectivity index (χ1n) is 13.2. The summed E-state index contributed by atoms with van der Waals surface area (Å²) in [5, 5.41) is 0.613. The van der Waals surface area contributed by atoms with Gasteiger partial charge in [-0.05, 0) is 67.6 Å². The Morgan fingerprint density at radius 2 is 1.61 bits per heavy atom. The number of rotatable bonds is 5. The quantitative estimate of drug-likeness (QED) is 0.537. The highest BCUT2D eigenvalue weighted by molar-refractivity contribution is 6.30. The van der Waals surface area contributed by atoms with Gasteiger partial charge in [0.2, 0.25) is 11.8 Å². The van der Waals surface area contributed by atoms with Gasteiger partial charge in [0.05, 0.1) is 6.04 Å². The monoisotopic (exact) mass is 541 g/mol. The highest BCUT2D eigenvalue weighted by Crippen LogP contribution is 2.47. The molecule has 1 aliphatic carbocycles. The average molecular weight is 542 g/mol. The first kappa shape index (κ1) is 26.5. The predicted octanol–water partition coefficient (Wildman–Crippen LogP) is 4.94. The van der Waals surface area contributed by atoms with Crippen molar-refractivity contribution in [2.24, 2.45) is 11.3 Å². The molecule has 2 atom stereocenters. The fourth-order valence-electron chi connectivity index (χ4n) is 5.58. The smallest absolute Gasteiger partial charge is 0.410 e. The lowest BCUT2D eigenvalue weighted by atomic mass is 9.93. The van der Waals surface area contributed by atoms with Crippen LogP contribution in [0.15, 0.2) is 48.5 Å². The fourth-order valence-corrected chi connectivity index (χ4v) is 5.70. The third kappa shape index (κ3) is 5.51. The van der Waals surface area contributed by atoms with E-state index in [1.165, 1.54) is 29.2 Å². The summed E-state index contributed by atoms with van der Waals surface area (Å²) in [6.45, 7) is 4.07. The summed E-state index contributed by atoms with van der Waals surface area (Å²) in [5.74, 6) is -0.155. The van der Waals surface area contributed by atoms with Crippen molar-refractivity contribution in [3.63, 3.8) is 0 Å². The summed E-state index contributed by atoms with van der Waals surface area (Å²) in [4.78, 5) is 44.6. The molecule has 2 unspecified atom stereocenters. The summed E-state index contributed by atoms with van der Waals surface area (Å²) >= 11 is 6.11. The number of carbonyl (C=O) groups is 3. The second-order valence-electron chi connectivity index (χ2n) is 11.0. The zero-order valence-electron chi connectivity index (χ0n) is 21.7. The summed E-state index contributed by atoms with van der Waals surface area (Å²) < 4.78 is 18.8. The van der Waals surface area contributed by atoms with Crippen LogP contribution in [0.1, 0.15) is 44.1 Å². The number of amides is 3. The summed E-state index contributed by atoms with van der Waals surface area (Å²) in [7, 11) is 1.66. The molecule has 2 saturated heterocycles. The molecule has 202 valence electrons. The number of benzene rings is 2. The normalized spacial score (nSPS) is 22.7. The van der Waals surface area contributed by atoms with Gasteiger partial charge in [0, 0.05) is 55.5 Å². The minimum atomic E-state index is -0.574. The number of ether oxygens (including phenoxy) is 1. The van der Waals surface area contributed by atoms with Crippen molar-refractivity contribution in [3.05, 3.63) is 64.9 Å². The van der Waals surface area contributed by atoms with Gasteiger partial charge >= 0.3 is 6.09 Å². The number of nitrogens with zero attached hydrogens (tertiary/aromatic N) is 3. The van der Waals surface area contributed by atoms with E-state index in [2.05, 4.69) is 0 Å². The Balaban J connectivity index is 1.27. The number of likely N-dealkylation sites (N-methyl/N-ethyl adjacent to an activating group) is 1. The fraction of sp³-hybridized carbons (Fsp3) is 0.483. The molecule has 0 radical (unpaired) electrons. The van der Waals surface area contributed by atoms with Crippen molar-refractivity contribution in [3.8, 4) is 5.75 Å². The van der Waals surface area contributed by atoms with Crippen LogP contribution < -0.4 is 4.74 Å². The van der Waals surface area contributed by atoms with E-state index in [9.17, 15) is 18.8 Å². The molecule has 3 amide bonds. The molecule has 2 aliphatic heterocycles. The molecule has 1 saturated carbocycles. The number of hydrogen-bond acceptors (Lipinski definition) is 4. The predicted molar refractivity (Wildman–Crippen MR) is 141 cm³/mol. The Morgan fingerprint density at radius 1 is 0.974 bits per heavy atom. The first-order valence-corrected chi connectivity index (χ1v) is 13.6. The number of likely N-dealkylation sites (tertiary alicyclic amines) is 2. The molecular weight excluding hydrogens is 509 g/mol. The van der Waals surface area contributed by atoms with Crippen molar-refractivity contribution in [2.45, 2.75) is 44.6 Å². The molecule has 9 heteroatoms. The third-order valence-corrected chi connectivity index (χ3v) is 8.60. The molecule has 3 aliphatic rings. The maximum Gasteiger partial charge on any atom is 0.415 e. The van der Waals surface area contributed by atoms with Crippen molar-refractivity contribution < 1.29 is 23.5 Å². The maximum absolute atomic E-state index is 13.6. The van der Waals surface area contributed by atoms with Crippen LogP contribution in [0.4, 0.5) is 9.18 Å². The lowest BCUT2D eigenvalue weighted by Crippen LogP contribution is -2.46. The van der Waals surface area contributed by atoms with Crippen LogP contribution in [-0.2, 0) is 9.59 Å². The van der Waals surface area contributed by atoms with Gasteiger partial charge in [0.25, 0.3) is 0 Å². The lowest BCUT2D eigenvalue weighted by molar-refractivity contribution is -0.142. The van der Waals surface area contributed by atoms with Crippen molar-refractivity contribution in [2.75, 3.05) is 33.2 Å². The van der Waals surface area contributed by atoms with Gasteiger partial charge in [-0.25, -0.2) is 9.18 Å². The van der Waals surface area contributed by atoms with Gasteiger partial charge < -0.3 is 19.4 Å². The molecule has 0 bridgehead atoms. The molecule has 38 heavy (non-hydrogen) atoms. The Bertz CT molecular complexity index is 1190. The molecule has 2 heterocycles. The Morgan fingerprint density at radius 3 is 2.21 bits per heavy atom. The van der Waals surface area contributed by atoms with E-state index >= 15 is 0 Å². The SMILES string of the molecule is CN(C(=O)Oc1ccc(F)cc1)C1CN(C(=O)C2CCN(C(=O)C3(C)CC3)CC2)CC1c1ccc(Cl)cc1. The van der Waals surface area contributed by atoms with Crippen molar-refractivity contribution >= 4 is 29.5 Å². The molecule has 2 aromatic rings. The van der Waals surface area contributed by atoms with Crippen molar-refractivity contribution in [1.82, 2.24) is 14.7 Å². The largest absolute Gasteiger partial charge is 0.415 e. The number of carbonyl (C=O) groups excluding carboxylic acids is 3. The average Bonchev–Trinajstić information content (AvgIpc) is 3.52. The van der Waals surface area contributed by atoms with E-state index < -0.39 is 11.9 Å². The van der Waals surface area contributed by atoms with E-state index in [1.807, 2.05) is 41.0 Å². The minimum Gasteiger partial charge on any atom is -0.410 e. The lowest BCUT2D eigenvalue weighted by Gasteiger charge is -2.34. The van der Waals surface area contributed by atoms with E-state index in [1.54, 1.807) is 7.05 Å². The van der Waals surface area contributed by atoms with Gasteiger partial charge in [-0.15, -0.1) is 0 Å². The number of halogens is 2. The standard InChI is InChI=1S/C29H33ClFN3O4/c1-29(13-14-29)27(36)33-15-11-20(12-16-33)26(35)34-17-24(19-3-5-21(30)6-4-19)25(18-34)32(2)28(37)38-23-9-7-22(31)8-10-23/h3-10,20,24-25H,11-18H2,1-2H3. The van der Waals surface area contributed by atoms with E-state index in [0.717, 1.165) is 18.4 Å². The topological polar surface area (TPSA) is 70.2 Å². The first-order chi connectivity index (χ1) is 18.1. The Kier molecular flexibility index (Phi) is 7.36. The minimum absolute atomic E-state index is 0.0662. The van der Waals surface area contributed by atoms with Crippen LogP contribution in [0.25, 0.3) is 0 Å². The van der Waals surface area contributed by atoms with Crippen molar-refractivity contribution in [1.29, 1.82) is 0 Å². The second-order valence-corrected chi connectivity index (χ2v) is 11.5. The second kappa shape index (κ2) is 10.6. The van der Waals surface area contributed by atoms with E-state index in [4.69, 9.17) is 16.3 Å². The zero-order valence-corrected chi connectivity index (χ0v) is 22.5. The zero-order chi connectivity index (χ0) is 27.0. The van der Waals surface area contributed by atoms with Gasteiger partial charge in [0.1, 0.15) is 11.6 Å². The molecule has 3 fully saturated rings. The summed E-state index contributed by atoms with van der Waals surface area (Å²) in [5.41, 5.74) is 0.784. The van der Waals surface area contributed by atoms with Crippen LogP contribution in [0.2, 0.25) is 5.02 Å². The van der Waals surface area contributed by atoms with Crippen LogP contribution >= 0.6 is 11.6 Å². The third-order valence-electron chi connectivity index (χ3n) is 8.35. The van der Waals surface area contributed by atoms with Gasteiger partial charge in [-0.3, -0.25) is 9.59 Å². The highest BCUT2D eigenvalue weighted by Gasteiger charge is 2.48. The molecule has 0 aromatic heterocycles. The summed E-state index contributed by atoms with van der Waals surface area (Å²) in [6, 6.07) is 12.4. The molecule has 7 nitrogen and oxygen atoms in total. The van der Waals surface area contributed by atoms with Crippen LogP contribution in [-0.4, -0.2) is 71.9 Å². The van der Waals surface area contributed by atoms with Crippen LogP contribution in [0, 0.1) is 17.2 Å². The highest BCUT2D eigenvalue weighted by atomic mass is 35.5. The van der Waals surface area contributed by atoms with Gasteiger partial charge in [0.15, 0.2) is 0 Å². The molecule has 0 N–H and O–H groups in total. The number of hydrogen-bond donors (Lipinski definition) is 0. The maximum atomic E-state index is 13.6. The van der Waals surface area contributed by atoms with E-state index in [0.29, 0.717) is 44.0 Å². The van der Waals surface area contributed by atoms with Crippen LogP contribution in [0.3, 0.4) is 0 Å². The Labute approximate surface area is 227 Å². The summed E-state index contributed by atoms with van der Waals surface area (Å²) in [6.07, 6.45) is 2.62.